The number of para-hydroxylation sites is 2. The predicted molar refractivity (Wildman–Crippen MR) is 86.0 cm³/mol. The highest BCUT2D eigenvalue weighted by Gasteiger charge is 2.23. The van der Waals surface area contributed by atoms with Crippen molar-refractivity contribution < 1.29 is 26.9 Å². The quantitative estimate of drug-likeness (QED) is 0.832. The molecule has 126 valence electrons. The van der Waals surface area contributed by atoms with Gasteiger partial charge in [0.25, 0.3) is 5.91 Å². The number of rotatable bonds is 5. The summed E-state index contributed by atoms with van der Waals surface area (Å²) in [5.41, 5.74) is 0.286. The first-order chi connectivity index (χ1) is 11.5. The van der Waals surface area contributed by atoms with Crippen LogP contribution in [0.4, 0.5) is 5.69 Å². The molecule has 1 aliphatic heterocycles. The second-order valence-corrected chi connectivity index (χ2v) is 6.46. The van der Waals surface area contributed by atoms with Crippen LogP contribution in [-0.2, 0) is 14.9 Å². The van der Waals surface area contributed by atoms with Crippen LogP contribution < -0.4 is 19.0 Å². The van der Waals surface area contributed by atoms with Crippen molar-refractivity contribution in [2.75, 3.05) is 18.5 Å². The monoisotopic (exact) mass is 349 g/mol. The van der Waals surface area contributed by atoms with Crippen molar-refractivity contribution in [3.8, 4) is 17.2 Å². The number of amides is 1. The Morgan fingerprint density at radius 1 is 1.17 bits per heavy atom. The Balaban J connectivity index is 1.91. The van der Waals surface area contributed by atoms with Crippen LogP contribution in [0.5, 0.6) is 17.2 Å². The van der Waals surface area contributed by atoms with E-state index in [1.807, 2.05) is 0 Å². The van der Waals surface area contributed by atoms with Crippen LogP contribution in [0, 0.1) is 0 Å². The second-order valence-electron chi connectivity index (χ2n) is 4.91. The first kappa shape index (κ1) is 16.1. The highest BCUT2D eigenvalue weighted by Crippen LogP contribution is 2.33. The molecule has 0 atom stereocenters. The van der Waals surface area contributed by atoms with E-state index in [0.717, 1.165) is 0 Å². The van der Waals surface area contributed by atoms with Gasteiger partial charge in [-0.1, -0.05) is 12.1 Å². The topological polar surface area (TPSA) is 90.9 Å². The summed E-state index contributed by atoms with van der Waals surface area (Å²) in [7, 11) is -4.09. The molecular weight excluding hydrogens is 334 g/mol. The first-order valence-electron chi connectivity index (χ1n) is 7.22. The molecule has 8 heteroatoms. The Morgan fingerprint density at radius 2 is 1.92 bits per heavy atom. The molecule has 0 radical (unpaired) electrons. The van der Waals surface area contributed by atoms with Crippen molar-refractivity contribution in [3.63, 3.8) is 0 Å². The normalized spacial score (nSPS) is 13.5. The SMILES string of the molecule is CCOc1ccccc1OS(=O)(=O)c1ccc2c(c1)NC(=O)CO2. The lowest BCUT2D eigenvalue weighted by molar-refractivity contribution is -0.118. The molecule has 1 heterocycles. The number of fused-ring (bicyclic) bond motifs is 1. The Bertz CT molecular complexity index is 878. The molecule has 0 unspecified atom stereocenters. The zero-order valence-electron chi connectivity index (χ0n) is 12.8. The van der Waals surface area contributed by atoms with E-state index in [1.165, 1.54) is 24.3 Å². The zero-order chi connectivity index (χ0) is 17.2. The van der Waals surface area contributed by atoms with Gasteiger partial charge in [-0.3, -0.25) is 4.79 Å². The molecule has 24 heavy (non-hydrogen) atoms. The van der Waals surface area contributed by atoms with E-state index in [9.17, 15) is 13.2 Å². The minimum atomic E-state index is -4.09. The molecule has 0 spiro atoms. The number of carbonyl (C=O) groups excluding carboxylic acids is 1. The van der Waals surface area contributed by atoms with Crippen LogP contribution in [0.2, 0.25) is 0 Å². The van der Waals surface area contributed by atoms with E-state index in [2.05, 4.69) is 5.32 Å². The van der Waals surface area contributed by atoms with E-state index in [4.69, 9.17) is 13.7 Å². The molecule has 3 rings (SSSR count). The number of ether oxygens (including phenoxy) is 2. The van der Waals surface area contributed by atoms with Gasteiger partial charge in [-0.25, -0.2) is 0 Å². The van der Waals surface area contributed by atoms with Gasteiger partial charge in [0.05, 0.1) is 12.3 Å². The summed E-state index contributed by atoms with van der Waals surface area (Å²) in [5.74, 6) is 0.485. The van der Waals surface area contributed by atoms with Crippen molar-refractivity contribution in [1.82, 2.24) is 0 Å². The molecule has 2 aromatic rings. The fourth-order valence-electron chi connectivity index (χ4n) is 2.18. The van der Waals surface area contributed by atoms with Crippen LogP contribution in [0.15, 0.2) is 47.4 Å². The smallest absolute Gasteiger partial charge is 0.339 e. The maximum atomic E-state index is 12.5. The molecule has 0 aliphatic carbocycles. The molecule has 7 nitrogen and oxygen atoms in total. The fourth-order valence-corrected chi connectivity index (χ4v) is 3.15. The third-order valence-corrected chi connectivity index (χ3v) is 4.45. The molecule has 0 fully saturated rings. The summed E-state index contributed by atoms with van der Waals surface area (Å²) in [4.78, 5) is 11.3. The van der Waals surface area contributed by atoms with E-state index in [-0.39, 0.29) is 28.8 Å². The number of hydrogen-bond acceptors (Lipinski definition) is 6. The standard InChI is InChI=1S/C16H15NO6S/c1-2-21-14-5-3-4-6-15(14)23-24(19,20)11-7-8-13-12(9-11)17-16(18)10-22-13/h3-9H,2,10H2,1H3,(H,17,18). The minimum Gasteiger partial charge on any atom is -0.490 e. The van der Waals surface area contributed by atoms with Crippen molar-refractivity contribution in [2.24, 2.45) is 0 Å². The Labute approximate surface area is 139 Å². The van der Waals surface area contributed by atoms with Gasteiger partial charge in [0.2, 0.25) is 0 Å². The van der Waals surface area contributed by atoms with E-state index in [1.54, 1.807) is 25.1 Å². The van der Waals surface area contributed by atoms with Gasteiger partial charge in [-0.15, -0.1) is 0 Å². The Kier molecular flexibility index (Phi) is 4.30. The average Bonchev–Trinajstić information content (AvgIpc) is 2.56. The van der Waals surface area contributed by atoms with Gasteiger partial charge >= 0.3 is 10.1 Å². The lowest BCUT2D eigenvalue weighted by Gasteiger charge is -2.18. The first-order valence-corrected chi connectivity index (χ1v) is 8.63. The van der Waals surface area contributed by atoms with Gasteiger partial charge in [-0.05, 0) is 37.3 Å². The lowest BCUT2D eigenvalue weighted by atomic mass is 10.2. The molecule has 2 aromatic carbocycles. The van der Waals surface area contributed by atoms with Crippen molar-refractivity contribution in [3.05, 3.63) is 42.5 Å². The molecule has 0 saturated carbocycles. The van der Waals surface area contributed by atoms with E-state index in [0.29, 0.717) is 18.1 Å². The lowest BCUT2D eigenvalue weighted by Crippen LogP contribution is -2.25. The minimum absolute atomic E-state index is 0.0948. The van der Waals surface area contributed by atoms with Gasteiger partial charge in [-0.2, -0.15) is 8.42 Å². The summed E-state index contributed by atoms with van der Waals surface area (Å²) in [5, 5.41) is 2.56. The molecular formula is C16H15NO6S. The molecule has 0 bridgehead atoms. The van der Waals surface area contributed by atoms with Crippen LogP contribution in [0.25, 0.3) is 0 Å². The molecule has 1 N–H and O–H groups in total. The number of benzene rings is 2. The number of hydrogen-bond donors (Lipinski definition) is 1. The second kappa shape index (κ2) is 6.40. The van der Waals surface area contributed by atoms with Gasteiger partial charge in [0.15, 0.2) is 18.1 Å². The van der Waals surface area contributed by atoms with Crippen LogP contribution in [-0.4, -0.2) is 27.5 Å². The predicted octanol–water partition coefficient (Wildman–Crippen LogP) is 2.18. The van der Waals surface area contributed by atoms with Gasteiger partial charge in [0, 0.05) is 0 Å². The van der Waals surface area contributed by atoms with Crippen molar-refractivity contribution in [1.29, 1.82) is 0 Å². The summed E-state index contributed by atoms with van der Waals surface area (Å²) in [6.45, 7) is 2.07. The third kappa shape index (κ3) is 3.28. The molecule has 0 aromatic heterocycles. The highest BCUT2D eigenvalue weighted by molar-refractivity contribution is 7.87. The Hall–Kier alpha value is -2.74. The number of anilines is 1. The third-order valence-electron chi connectivity index (χ3n) is 3.22. The average molecular weight is 349 g/mol. The summed E-state index contributed by atoms with van der Waals surface area (Å²) >= 11 is 0. The van der Waals surface area contributed by atoms with Crippen molar-refractivity contribution >= 4 is 21.7 Å². The summed E-state index contributed by atoms with van der Waals surface area (Å²) in [6.07, 6.45) is 0. The summed E-state index contributed by atoms with van der Waals surface area (Å²) < 4.78 is 40.7. The maximum Gasteiger partial charge on any atom is 0.339 e. The molecule has 1 amide bonds. The Morgan fingerprint density at radius 3 is 2.67 bits per heavy atom. The maximum absolute atomic E-state index is 12.5. The van der Waals surface area contributed by atoms with E-state index < -0.39 is 10.1 Å². The van der Waals surface area contributed by atoms with Gasteiger partial charge < -0.3 is 19.0 Å². The number of carbonyl (C=O) groups is 1. The van der Waals surface area contributed by atoms with E-state index >= 15 is 0 Å². The molecule has 0 saturated heterocycles. The van der Waals surface area contributed by atoms with Crippen molar-refractivity contribution in [2.45, 2.75) is 11.8 Å². The fraction of sp³-hybridized carbons (Fsp3) is 0.188. The van der Waals surface area contributed by atoms with Crippen LogP contribution in [0.3, 0.4) is 0 Å². The highest BCUT2D eigenvalue weighted by atomic mass is 32.2. The largest absolute Gasteiger partial charge is 0.490 e. The van der Waals surface area contributed by atoms with Crippen LogP contribution >= 0.6 is 0 Å². The number of nitrogens with one attached hydrogen (secondary N) is 1. The van der Waals surface area contributed by atoms with Crippen LogP contribution in [0.1, 0.15) is 6.92 Å². The molecule has 1 aliphatic rings. The van der Waals surface area contributed by atoms with Gasteiger partial charge in [0.1, 0.15) is 10.6 Å². The summed E-state index contributed by atoms with van der Waals surface area (Å²) in [6, 6.07) is 10.6. The zero-order valence-corrected chi connectivity index (χ0v) is 13.6.